The van der Waals surface area contributed by atoms with Crippen molar-refractivity contribution < 1.29 is 19.4 Å². The molecule has 0 saturated heterocycles. The zero-order chi connectivity index (χ0) is 20.0. The molecule has 1 atom stereocenters. The minimum absolute atomic E-state index is 0.00967. The van der Waals surface area contributed by atoms with Gasteiger partial charge in [0, 0.05) is 6.54 Å². The van der Waals surface area contributed by atoms with Crippen molar-refractivity contribution in [3.8, 4) is 11.5 Å². The summed E-state index contributed by atoms with van der Waals surface area (Å²) in [5.74, 6) is 0.369. The molecule has 146 valence electrons. The summed E-state index contributed by atoms with van der Waals surface area (Å²) in [4.78, 5) is 11.3. The van der Waals surface area contributed by atoms with Gasteiger partial charge >= 0.3 is 5.97 Å². The van der Waals surface area contributed by atoms with Crippen molar-refractivity contribution in [2.75, 3.05) is 7.11 Å². The van der Waals surface area contributed by atoms with Crippen LogP contribution in [0.5, 0.6) is 11.5 Å². The monoisotopic (exact) mass is 435 g/mol. The Morgan fingerprint density at radius 1 is 1.26 bits per heavy atom. The van der Waals surface area contributed by atoms with E-state index in [2.05, 4.69) is 21.2 Å². The Morgan fingerprint density at radius 2 is 1.96 bits per heavy atom. The van der Waals surface area contributed by atoms with Crippen LogP contribution in [-0.2, 0) is 17.9 Å². The Hall–Kier alpha value is -2.05. The molecule has 6 heteroatoms. The minimum atomic E-state index is -0.853. The summed E-state index contributed by atoms with van der Waals surface area (Å²) in [7, 11) is 1.59. The van der Waals surface area contributed by atoms with E-state index in [-0.39, 0.29) is 5.92 Å². The number of nitrogens with one attached hydrogen (secondary N) is 1. The summed E-state index contributed by atoms with van der Waals surface area (Å²) < 4.78 is 12.3. The molecule has 27 heavy (non-hydrogen) atoms. The molecule has 0 heterocycles. The maximum atomic E-state index is 11.3. The van der Waals surface area contributed by atoms with Crippen LogP contribution in [0.25, 0.3) is 0 Å². The van der Waals surface area contributed by atoms with Gasteiger partial charge in [-0.25, -0.2) is 0 Å². The zero-order valence-electron chi connectivity index (χ0n) is 16.1. The van der Waals surface area contributed by atoms with E-state index in [1.54, 1.807) is 7.11 Å². The summed E-state index contributed by atoms with van der Waals surface area (Å²) in [6.07, 6.45) is 0. The Balaban J connectivity index is 2.14. The second-order valence-electron chi connectivity index (χ2n) is 6.77. The predicted octanol–water partition coefficient (Wildman–Crippen LogP) is 4.54. The maximum absolute atomic E-state index is 11.3. The first-order valence-electron chi connectivity index (χ1n) is 8.83. The standard InChI is InChI=1S/C21H26BrNO4/c1-13(2)19(21(24)25)23-11-15-9-17(22)20(18(10-15)26-4)27-12-16-8-6-5-7-14(16)3/h5-10,13,19,23H,11-12H2,1-4H3,(H,24,25). The number of hydrogen-bond donors (Lipinski definition) is 2. The first kappa shape index (κ1) is 21.3. The molecule has 5 nitrogen and oxygen atoms in total. The number of ether oxygens (including phenoxy) is 2. The van der Waals surface area contributed by atoms with E-state index in [1.165, 1.54) is 5.56 Å². The molecule has 0 aromatic heterocycles. The summed E-state index contributed by atoms with van der Waals surface area (Å²) in [5.41, 5.74) is 3.19. The molecule has 0 bridgehead atoms. The number of halogens is 1. The molecule has 0 aliphatic carbocycles. The smallest absolute Gasteiger partial charge is 0.320 e. The molecule has 2 rings (SSSR count). The van der Waals surface area contributed by atoms with Crippen LogP contribution >= 0.6 is 15.9 Å². The number of rotatable bonds is 9. The Kier molecular flexibility index (Phi) is 7.68. The lowest BCUT2D eigenvalue weighted by atomic mass is 10.0. The fraction of sp³-hybridized carbons (Fsp3) is 0.381. The normalized spacial score (nSPS) is 12.1. The fourth-order valence-electron chi connectivity index (χ4n) is 2.77. The average molecular weight is 436 g/mol. The van der Waals surface area contributed by atoms with Crippen LogP contribution in [0, 0.1) is 12.8 Å². The zero-order valence-corrected chi connectivity index (χ0v) is 17.7. The molecule has 0 fully saturated rings. The van der Waals surface area contributed by atoms with Gasteiger partial charge in [0.2, 0.25) is 0 Å². The average Bonchev–Trinajstić information content (AvgIpc) is 2.61. The third kappa shape index (κ3) is 5.71. The quantitative estimate of drug-likeness (QED) is 0.604. The van der Waals surface area contributed by atoms with Crippen LogP contribution in [0.4, 0.5) is 0 Å². The summed E-state index contributed by atoms with van der Waals surface area (Å²) in [5, 5.41) is 12.4. The molecule has 0 spiro atoms. The molecular weight excluding hydrogens is 410 g/mol. The van der Waals surface area contributed by atoms with Crippen LogP contribution in [0.3, 0.4) is 0 Å². The predicted molar refractivity (Wildman–Crippen MR) is 109 cm³/mol. The lowest BCUT2D eigenvalue weighted by Crippen LogP contribution is -2.40. The topological polar surface area (TPSA) is 67.8 Å². The maximum Gasteiger partial charge on any atom is 0.320 e. The van der Waals surface area contributed by atoms with E-state index < -0.39 is 12.0 Å². The number of aryl methyl sites for hydroxylation is 1. The highest BCUT2D eigenvalue weighted by Gasteiger charge is 2.21. The van der Waals surface area contributed by atoms with Crippen LogP contribution in [0.15, 0.2) is 40.9 Å². The minimum Gasteiger partial charge on any atom is -0.493 e. The number of benzene rings is 2. The fourth-order valence-corrected chi connectivity index (χ4v) is 3.38. The van der Waals surface area contributed by atoms with Crippen LogP contribution in [0.2, 0.25) is 0 Å². The van der Waals surface area contributed by atoms with Crippen molar-refractivity contribution in [3.05, 3.63) is 57.6 Å². The first-order valence-corrected chi connectivity index (χ1v) is 9.62. The number of carbonyl (C=O) groups is 1. The first-order chi connectivity index (χ1) is 12.8. The highest BCUT2D eigenvalue weighted by Crippen LogP contribution is 2.37. The number of carboxylic acids is 1. The van der Waals surface area contributed by atoms with Gasteiger partial charge in [-0.3, -0.25) is 4.79 Å². The molecule has 0 amide bonds. The van der Waals surface area contributed by atoms with E-state index >= 15 is 0 Å². The van der Waals surface area contributed by atoms with Gasteiger partial charge in [-0.1, -0.05) is 38.1 Å². The van der Waals surface area contributed by atoms with Crippen molar-refractivity contribution in [2.24, 2.45) is 5.92 Å². The van der Waals surface area contributed by atoms with Crippen LogP contribution < -0.4 is 14.8 Å². The van der Waals surface area contributed by atoms with Crippen molar-refractivity contribution in [3.63, 3.8) is 0 Å². The van der Waals surface area contributed by atoms with Crippen LogP contribution in [0.1, 0.15) is 30.5 Å². The van der Waals surface area contributed by atoms with Crippen molar-refractivity contribution in [1.82, 2.24) is 5.32 Å². The second-order valence-corrected chi connectivity index (χ2v) is 7.62. The molecule has 1 unspecified atom stereocenters. The van der Waals surface area contributed by atoms with Crippen LogP contribution in [-0.4, -0.2) is 24.2 Å². The third-order valence-electron chi connectivity index (χ3n) is 4.38. The van der Waals surface area contributed by atoms with Gasteiger partial charge in [0.05, 0.1) is 11.6 Å². The van der Waals surface area contributed by atoms with Gasteiger partial charge in [0.1, 0.15) is 12.6 Å². The molecule has 0 aliphatic heterocycles. The van der Waals surface area contributed by atoms with Gasteiger partial charge in [0.15, 0.2) is 11.5 Å². The van der Waals surface area contributed by atoms with Crippen molar-refractivity contribution >= 4 is 21.9 Å². The number of methoxy groups -OCH3 is 1. The van der Waals surface area contributed by atoms with E-state index in [1.807, 2.05) is 57.2 Å². The van der Waals surface area contributed by atoms with E-state index in [0.717, 1.165) is 15.6 Å². The molecule has 0 saturated carbocycles. The van der Waals surface area contributed by atoms with Gasteiger partial charge in [-0.15, -0.1) is 0 Å². The number of aliphatic carboxylic acids is 1. The highest BCUT2D eigenvalue weighted by atomic mass is 79.9. The van der Waals surface area contributed by atoms with E-state index in [4.69, 9.17) is 9.47 Å². The van der Waals surface area contributed by atoms with E-state index in [0.29, 0.717) is 24.7 Å². The van der Waals surface area contributed by atoms with Gasteiger partial charge in [0.25, 0.3) is 0 Å². The molecule has 2 aromatic carbocycles. The van der Waals surface area contributed by atoms with Gasteiger partial charge < -0.3 is 19.9 Å². The van der Waals surface area contributed by atoms with Crippen molar-refractivity contribution in [2.45, 2.75) is 40.0 Å². The van der Waals surface area contributed by atoms with Gasteiger partial charge in [-0.2, -0.15) is 0 Å². The number of hydrogen-bond acceptors (Lipinski definition) is 4. The van der Waals surface area contributed by atoms with Crippen molar-refractivity contribution in [1.29, 1.82) is 0 Å². The summed E-state index contributed by atoms with van der Waals surface area (Å²) in [6.45, 7) is 6.67. The third-order valence-corrected chi connectivity index (χ3v) is 4.97. The van der Waals surface area contributed by atoms with Gasteiger partial charge in [-0.05, 0) is 57.6 Å². The SMILES string of the molecule is COc1cc(CNC(C(=O)O)C(C)C)cc(Br)c1OCc1ccccc1C. The lowest BCUT2D eigenvalue weighted by molar-refractivity contribution is -0.140. The molecule has 0 aliphatic rings. The summed E-state index contributed by atoms with van der Waals surface area (Å²) >= 11 is 3.55. The molecule has 2 aromatic rings. The Morgan fingerprint density at radius 3 is 2.56 bits per heavy atom. The largest absolute Gasteiger partial charge is 0.493 e. The number of carboxylic acid groups (broad SMARTS) is 1. The molecule has 0 radical (unpaired) electrons. The highest BCUT2D eigenvalue weighted by molar-refractivity contribution is 9.10. The summed E-state index contributed by atoms with van der Waals surface area (Å²) in [6, 6.07) is 11.2. The Bertz CT molecular complexity index is 792. The second kappa shape index (κ2) is 9.76. The molecular formula is C21H26BrNO4. The molecule has 2 N–H and O–H groups in total. The Labute approximate surface area is 168 Å². The lowest BCUT2D eigenvalue weighted by Gasteiger charge is -2.19. The van der Waals surface area contributed by atoms with E-state index in [9.17, 15) is 9.90 Å².